The van der Waals surface area contributed by atoms with Gasteiger partial charge in [-0.05, 0) is 31.0 Å². The van der Waals surface area contributed by atoms with Crippen LogP contribution in [0, 0.1) is 11.5 Å². The minimum absolute atomic E-state index is 0.0842. The molecule has 0 bridgehead atoms. The van der Waals surface area contributed by atoms with Gasteiger partial charge in [0.2, 0.25) is 5.67 Å². The maximum atomic E-state index is 14.9. The molecule has 136 valence electrons. The van der Waals surface area contributed by atoms with Gasteiger partial charge in [0.1, 0.15) is 5.82 Å². The quantitative estimate of drug-likeness (QED) is 0.689. The summed E-state index contributed by atoms with van der Waals surface area (Å²) in [5.74, 6) is -0.539. The van der Waals surface area contributed by atoms with Crippen molar-refractivity contribution in [3.05, 3.63) is 36.8 Å². The Balaban J connectivity index is 1.52. The molecular formula is C18H16FN7O. The van der Waals surface area contributed by atoms with E-state index >= 15 is 0 Å². The summed E-state index contributed by atoms with van der Waals surface area (Å²) in [5, 5.41) is 19.3. The summed E-state index contributed by atoms with van der Waals surface area (Å²) >= 11 is 0. The predicted octanol–water partition coefficient (Wildman–Crippen LogP) is 2.24. The highest BCUT2D eigenvalue weighted by molar-refractivity contribution is 5.97. The first-order chi connectivity index (χ1) is 13.1. The third-order valence-corrected chi connectivity index (χ3v) is 4.63. The van der Waals surface area contributed by atoms with Crippen molar-refractivity contribution in [3.8, 4) is 17.5 Å². The van der Waals surface area contributed by atoms with Crippen LogP contribution < -0.4 is 5.32 Å². The summed E-state index contributed by atoms with van der Waals surface area (Å²) < 4.78 is 14.9. The molecule has 4 heterocycles. The Kier molecular flexibility index (Phi) is 4.16. The van der Waals surface area contributed by atoms with E-state index < -0.39 is 11.6 Å². The molecule has 0 unspecified atom stereocenters. The Labute approximate surface area is 154 Å². The number of fused-ring (bicyclic) bond motifs is 1. The Morgan fingerprint density at radius 1 is 1.33 bits per heavy atom. The summed E-state index contributed by atoms with van der Waals surface area (Å²) in [4.78, 5) is 22.2. The van der Waals surface area contributed by atoms with E-state index in [0.29, 0.717) is 18.7 Å². The first kappa shape index (κ1) is 16.9. The number of H-pyrrole nitrogens is 1. The normalized spacial score (nSPS) is 19.6. The van der Waals surface area contributed by atoms with Crippen molar-refractivity contribution in [2.45, 2.75) is 18.5 Å². The number of nitriles is 1. The second kappa shape index (κ2) is 6.64. The molecule has 0 radical (unpaired) electrons. The molecule has 1 aliphatic heterocycles. The van der Waals surface area contributed by atoms with Gasteiger partial charge in [0, 0.05) is 29.9 Å². The van der Waals surface area contributed by atoms with Crippen molar-refractivity contribution in [1.82, 2.24) is 25.1 Å². The number of rotatable bonds is 3. The van der Waals surface area contributed by atoms with Gasteiger partial charge >= 0.3 is 0 Å². The van der Waals surface area contributed by atoms with Crippen LogP contribution in [0.15, 0.2) is 36.8 Å². The van der Waals surface area contributed by atoms with Gasteiger partial charge in [-0.15, -0.1) is 0 Å². The summed E-state index contributed by atoms with van der Waals surface area (Å²) in [6, 6.07) is 5.19. The van der Waals surface area contributed by atoms with Crippen molar-refractivity contribution in [2.75, 3.05) is 18.4 Å². The molecule has 4 rings (SSSR count). The van der Waals surface area contributed by atoms with E-state index in [1.807, 2.05) is 12.3 Å². The highest BCUT2D eigenvalue weighted by Gasteiger charge is 2.42. The number of hydrogen-bond donors (Lipinski definition) is 2. The molecule has 1 fully saturated rings. The molecule has 9 heteroatoms. The van der Waals surface area contributed by atoms with Crippen LogP contribution in [-0.4, -0.2) is 49.7 Å². The molecule has 0 saturated carbocycles. The first-order valence-corrected chi connectivity index (χ1v) is 8.49. The SMILES string of the molecule is N#CN1CCC[C@](F)(C(=O)Nc2ccc(-c3nccc4cn[nH]c34)cn2)C1. The van der Waals surface area contributed by atoms with Crippen molar-refractivity contribution in [3.63, 3.8) is 0 Å². The number of nitrogens with one attached hydrogen (secondary N) is 2. The number of aromatic nitrogens is 4. The molecule has 3 aromatic rings. The van der Waals surface area contributed by atoms with E-state index in [2.05, 4.69) is 25.5 Å². The van der Waals surface area contributed by atoms with Gasteiger partial charge in [-0.25, -0.2) is 9.37 Å². The summed E-state index contributed by atoms with van der Waals surface area (Å²) in [6.07, 6.45) is 7.38. The molecule has 2 N–H and O–H groups in total. The number of anilines is 1. The number of alkyl halides is 1. The van der Waals surface area contributed by atoms with Gasteiger partial charge in [0.05, 0.1) is 24.0 Å². The van der Waals surface area contributed by atoms with Crippen molar-refractivity contribution < 1.29 is 9.18 Å². The minimum Gasteiger partial charge on any atom is -0.308 e. The number of pyridine rings is 2. The maximum Gasteiger partial charge on any atom is 0.265 e. The van der Waals surface area contributed by atoms with Crippen molar-refractivity contribution >= 4 is 22.6 Å². The Hall–Kier alpha value is -3.54. The predicted molar refractivity (Wildman–Crippen MR) is 96.0 cm³/mol. The maximum absolute atomic E-state index is 14.9. The van der Waals surface area contributed by atoms with E-state index in [4.69, 9.17) is 5.26 Å². The van der Waals surface area contributed by atoms with E-state index in [9.17, 15) is 9.18 Å². The van der Waals surface area contributed by atoms with E-state index in [-0.39, 0.29) is 18.8 Å². The van der Waals surface area contributed by atoms with E-state index in [1.54, 1.807) is 30.7 Å². The van der Waals surface area contributed by atoms with Crippen LogP contribution in [0.2, 0.25) is 0 Å². The zero-order valence-corrected chi connectivity index (χ0v) is 14.3. The molecule has 27 heavy (non-hydrogen) atoms. The summed E-state index contributed by atoms with van der Waals surface area (Å²) in [5.41, 5.74) is 0.121. The van der Waals surface area contributed by atoms with E-state index in [0.717, 1.165) is 16.5 Å². The molecule has 1 saturated heterocycles. The average Bonchev–Trinajstić information content (AvgIpc) is 3.17. The van der Waals surface area contributed by atoms with Gasteiger partial charge in [-0.1, -0.05) is 0 Å². The van der Waals surface area contributed by atoms with Gasteiger partial charge in [-0.2, -0.15) is 10.4 Å². The third kappa shape index (κ3) is 3.17. The smallest absolute Gasteiger partial charge is 0.265 e. The lowest BCUT2D eigenvalue weighted by Crippen LogP contribution is -2.51. The highest BCUT2D eigenvalue weighted by atomic mass is 19.1. The number of amides is 1. The number of likely N-dealkylation sites (tertiary alicyclic amines) is 1. The van der Waals surface area contributed by atoms with Gasteiger partial charge in [0.25, 0.3) is 5.91 Å². The Morgan fingerprint density at radius 3 is 3.00 bits per heavy atom. The molecule has 0 aromatic carbocycles. The lowest BCUT2D eigenvalue weighted by molar-refractivity contribution is -0.130. The number of nitrogens with zero attached hydrogens (tertiary/aromatic N) is 5. The van der Waals surface area contributed by atoms with Crippen LogP contribution in [0.4, 0.5) is 10.2 Å². The summed E-state index contributed by atoms with van der Waals surface area (Å²) in [7, 11) is 0. The fraction of sp³-hybridized carbons (Fsp3) is 0.278. The second-order valence-corrected chi connectivity index (χ2v) is 6.47. The number of piperidine rings is 1. The van der Waals surface area contributed by atoms with Crippen LogP contribution in [0.25, 0.3) is 22.2 Å². The number of carbonyl (C=O) groups excluding carboxylic acids is 1. The van der Waals surface area contributed by atoms with Crippen LogP contribution in [-0.2, 0) is 4.79 Å². The molecule has 1 atom stereocenters. The average molecular weight is 365 g/mol. The monoisotopic (exact) mass is 365 g/mol. The molecule has 1 amide bonds. The minimum atomic E-state index is -2.10. The zero-order valence-electron chi connectivity index (χ0n) is 14.3. The highest BCUT2D eigenvalue weighted by Crippen LogP contribution is 2.28. The summed E-state index contributed by atoms with van der Waals surface area (Å²) in [6.45, 7) is 0.230. The van der Waals surface area contributed by atoms with Gasteiger partial charge < -0.3 is 10.2 Å². The molecule has 1 aliphatic rings. The van der Waals surface area contributed by atoms with Crippen molar-refractivity contribution in [1.29, 1.82) is 5.26 Å². The van der Waals surface area contributed by atoms with Crippen LogP contribution in [0.3, 0.4) is 0 Å². The standard InChI is InChI=1S/C18H16FN7O/c19-18(5-1-7-26(10-18)11-20)17(27)24-14-3-2-12(8-22-14)15-16-13(4-6-21-15)9-23-25-16/h2-4,6,8-9H,1,5,7,10H2,(H,23,25)(H,22,24,27)/t18-/m1/s1. The van der Waals surface area contributed by atoms with Crippen LogP contribution in [0.1, 0.15) is 12.8 Å². The molecular weight excluding hydrogens is 349 g/mol. The molecule has 8 nitrogen and oxygen atoms in total. The van der Waals surface area contributed by atoms with Crippen LogP contribution in [0.5, 0.6) is 0 Å². The fourth-order valence-corrected chi connectivity index (χ4v) is 3.20. The zero-order chi connectivity index (χ0) is 18.9. The lowest BCUT2D eigenvalue weighted by atomic mass is 9.94. The lowest BCUT2D eigenvalue weighted by Gasteiger charge is -2.32. The Bertz CT molecular complexity index is 1030. The van der Waals surface area contributed by atoms with Crippen LogP contribution >= 0.6 is 0 Å². The Morgan fingerprint density at radius 2 is 2.22 bits per heavy atom. The van der Waals surface area contributed by atoms with E-state index in [1.165, 1.54) is 4.90 Å². The topological polar surface area (TPSA) is 111 Å². The third-order valence-electron chi connectivity index (χ3n) is 4.63. The number of halogens is 1. The largest absolute Gasteiger partial charge is 0.308 e. The van der Waals surface area contributed by atoms with Crippen molar-refractivity contribution in [2.24, 2.45) is 0 Å². The van der Waals surface area contributed by atoms with Gasteiger partial charge in [0.15, 0.2) is 6.19 Å². The number of hydrogen-bond acceptors (Lipinski definition) is 6. The van der Waals surface area contributed by atoms with Gasteiger partial charge in [-0.3, -0.25) is 14.9 Å². The molecule has 0 aliphatic carbocycles. The first-order valence-electron chi connectivity index (χ1n) is 8.49. The molecule has 3 aromatic heterocycles. The number of carbonyl (C=O) groups is 1. The second-order valence-electron chi connectivity index (χ2n) is 6.47. The number of aromatic amines is 1. The molecule has 0 spiro atoms. The fourth-order valence-electron chi connectivity index (χ4n) is 3.20.